The van der Waals surface area contributed by atoms with Crippen molar-refractivity contribution >= 4 is 5.84 Å². The summed E-state index contributed by atoms with van der Waals surface area (Å²) >= 11 is 0. The number of allylic oxidation sites excluding steroid dienone is 4. The lowest BCUT2D eigenvalue weighted by Gasteiger charge is -2.27. The maximum Gasteiger partial charge on any atom is 0.137 e. The van der Waals surface area contributed by atoms with Gasteiger partial charge in [0.1, 0.15) is 5.84 Å². The Morgan fingerprint density at radius 3 is 2.86 bits per heavy atom. The molecule has 0 saturated heterocycles. The van der Waals surface area contributed by atoms with Gasteiger partial charge in [-0.25, -0.2) is 4.99 Å². The molecule has 0 spiro atoms. The number of hydrogen-bond acceptors (Lipinski definition) is 2. The van der Waals surface area contributed by atoms with E-state index in [0.29, 0.717) is 5.92 Å². The van der Waals surface area contributed by atoms with Crippen LogP contribution >= 0.6 is 0 Å². The smallest absolute Gasteiger partial charge is 0.137 e. The molecule has 0 unspecified atom stereocenters. The molecule has 0 radical (unpaired) electrons. The maximum atomic E-state index is 4.56. The normalized spacial score (nSPS) is 19.6. The van der Waals surface area contributed by atoms with Gasteiger partial charge in [-0.2, -0.15) is 0 Å². The van der Waals surface area contributed by atoms with E-state index in [0.717, 1.165) is 17.2 Å². The molecule has 72 valence electrons. The summed E-state index contributed by atoms with van der Waals surface area (Å²) in [7, 11) is 0. The molecular weight excluding hydrogens is 172 g/mol. The molecule has 0 aliphatic carbocycles. The van der Waals surface area contributed by atoms with Crippen molar-refractivity contribution in [2.45, 2.75) is 13.8 Å². The van der Waals surface area contributed by atoms with Crippen LogP contribution in [0.15, 0.2) is 53.5 Å². The van der Waals surface area contributed by atoms with Crippen LogP contribution in [-0.2, 0) is 0 Å². The first-order chi connectivity index (χ1) is 6.68. The lowest BCUT2D eigenvalue weighted by atomic mass is 10.1. The summed E-state index contributed by atoms with van der Waals surface area (Å²) in [6, 6.07) is 0. The van der Waals surface area contributed by atoms with Gasteiger partial charge in [-0.1, -0.05) is 26.5 Å². The van der Waals surface area contributed by atoms with E-state index in [1.165, 1.54) is 0 Å². The van der Waals surface area contributed by atoms with Gasteiger partial charge in [-0.3, -0.25) is 0 Å². The summed E-state index contributed by atoms with van der Waals surface area (Å²) in [6.07, 6.45) is 10.00. The van der Waals surface area contributed by atoms with Crippen molar-refractivity contribution in [3.05, 3.63) is 48.5 Å². The predicted molar refractivity (Wildman–Crippen MR) is 59.6 cm³/mol. The minimum Gasteiger partial charge on any atom is -0.302 e. The molecule has 0 saturated carbocycles. The van der Waals surface area contributed by atoms with Crippen molar-refractivity contribution in [3.63, 3.8) is 0 Å². The van der Waals surface area contributed by atoms with Gasteiger partial charge >= 0.3 is 0 Å². The van der Waals surface area contributed by atoms with E-state index >= 15 is 0 Å². The Labute approximate surface area is 84.6 Å². The van der Waals surface area contributed by atoms with Gasteiger partial charge in [0.15, 0.2) is 0 Å². The largest absolute Gasteiger partial charge is 0.302 e. The minimum absolute atomic E-state index is 0.445. The second-order valence-electron chi connectivity index (χ2n) is 3.76. The van der Waals surface area contributed by atoms with Crippen LogP contribution in [0.3, 0.4) is 0 Å². The zero-order chi connectivity index (χ0) is 10.1. The second-order valence-corrected chi connectivity index (χ2v) is 3.76. The van der Waals surface area contributed by atoms with Gasteiger partial charge in [0.05, 0.1) is 0 Å². The Morgan fingerprint density at radius 2 is 2.14 bits per heavy atom. The first-order valence-corrected chi connectivity index (χ1v) is 4.82. The van der Waals surface area contributed by atoms with Crippen molar-refractivity contribution < 1.29 is 0 Å². The summed E-state index contributed by atoms with van der Waals surface area (Å²) in [5.74, 6) is 1.41. The van der Waals surface area contributed by atoms with Crippen molar-refractivity contribution in [2.75, 3.05) is 0 Å². The average Bonchev–Trinajstić information content (AvgIpc) is 2.17. The fraction of sp³-hybridized carbons (Fsp3) is 0.250. The molecule has 0 aromatic rings. The molecule has 2 heterocycles. The third-order valence-electron chi connectivity index (χ3n) is 2.30. The molecule has 14 heavy (non-hydrogen) atoms. The van der Waals surface area contributed by atoms with Crippen molar-refractivity contribution in [1.82, 2.24) is 4.90 Å². The number of aliphatic imine (C=N–C) groups is 1. The summed E-state index contributed by atoms with van der Waals surface area (Å²) in [5.41, 5.74) is 2.08. The SMILES string of the molecule is C=C1C=C(C(C)C)N=C2C=CC=CN12. The van der Waals surface area contributed by atoms with Crippen LogP contribution in [0.5, 0.6) is 0 Å². The maximum absolute atomic E-state index is 4.56. The summed E-state index contributed by atoms with van der Waals surface area (Å²) in [5, 5.41) is 0. The van der Waals surface area contributed by atoms with Gasteiger partial charge in [-0.05, 0) is 24.1 Å². The van der Waals surface area contributed by atoms with Gasteiger partial charge in [0.25, 0.3) is 0 Å². The standard InChI is InChI=1S/C12H14N2/c1-9(2)11-8-10(3)14-7-5-4-6-12(14)13-11/h4-9H,3H2,1-2H3. The first-order valence-electron chi connectivity index (χ1n) is 4.82. The van der Waals surface area contributed by atoms with Gasteiger partial charge in [0.2, 0.25) is 0 Å². The molecular formula is C12H14N2. The zero-order valence-corrected chi connectivity index (χ0v) is 8.57. The van der Waals surface area contributed by atoms with Crippen LogP contribution in [0, 0.1) is 5.92 Å². The fourth-order valence-electron chi connectivity index (χ4n) is 1.47. The Morgan fingerprint density at radius 1 is 1.36 bits per heavy atom. The quantitative estimate of drug-likeness (QED) is 0.614. The van der Waals surface area contributed by atoms with E-state index in [1.807, 2.05) is 35.4 Å². The second kappa shape index (κ2) is 3.29. The van der Waals surface area contributed by atoms with Crippen LogP contribution < -0.4 is 0 Å². The summed E-state index contributed by atoms with van der Waals surface area (Å²) in [4.78, 5) is 6.55. The number of hydrogen-bond donors (Lipinski definition) is 0. The lowest BCUT2D eigenvalue weighted by molar-refractivity contribution is 0.668. The highest BCUT2D eigenvalue weighted by Crippen LogP contribution is 2.23. The zero-order valence-electron chi connectivity index (χ0n) is 8.57. The van der Waals surface area contributed by atoms with E-state index in [-0.39, 0.29) is 0 Å². The summed E-state index contributed by atoms with van der Waals surface area (Å²) in [6.45, 7) is 8.29. The molecule has 0 N–H and O–H groups in total. The van der Waals surface area contributed by atoms with E-state index in [1.54, 1.807) is 0 Å². The highest BCUT2D eigenvalue weighted by Gasteiger charge is 2.17. The van der Waals surface area contributed by atoms with E-state index in [4.69, 9.17) is 0 Å². The predicted octanol–water partition coefficient (Wildman–Crippen LogP) is 2.84. The van der Waals surface area contributed by atoms with E-state index in [9.17, 15) is 0 Å². The van der Waals surface area contributed by atoms with Crippen LogP contribution in [0.1, 0.15) is 13.8 Å². The first kappa shape index (κ1) is 9.00. The van der Waals surface area contributed by atoms with Gasteiger partial charge in [0, 0.05) is 17.6 Å². The molecule has 0 bridgehead atoms. The van der Waals surface area contributed by atoms with Crippen LogP contribution in [0.4, 0.5) is 0 Å². The third kappa shape index (κ3) is 1.43. The van der Waals surface area contributed by atoms with E-state index in [2.05, 4.69) is 25.4 Å². The van der Waals surface area contributed by atoms with Crippen LogP contribution in [0.25, 0.3) is 0 Å². The molecule has 2 heteroatoms. The number of fused-ring (bicyclic) bond motifs is 1. The van der Waals surface area contributed by atoms with Crippen LogP contribution in [0.2, 0.25) is 0 Å². The minimum atomic E-state index is 0.445. The average molecular weight is 186 g/mol. The van der Waals surface area contributed by atoms with Crippen molar-refractivity contribution in [3.8, 4) is 0 Å². The Kier molecular flexibility index (Phi) is 2.12. The molecule has 2 aliphatic heterocycles. The topological polar surface area (TPSA) is 15.6 Å². The molecule has 2 rings (SSSR count). The number of nitrogens with zero attached hydrogens (tertiary/aromatic N) is 2. The monoisotopic (exact) mass is 186 g/mol. The van der Waals surface area contributed by atoms with E-state index < -0.39 is 0 Å². The molecule has 0 aromatic heterocycles. The molecule has 0 fully saturated rings. The van der Waals surface area contributed by atoms with Crippen molar-refractivity contribution in [2.24, 2.45) is 10.9 Å². The van der Waals surface area contributed by atoms with Gasteiger partial charge in [-0.15, -0.1) is 0 Å². The molecule has 0 atom stereocenters. The van der Waals surface area contributed by atoms with Crippen LogP contribution in [-0.4, -0.2) is 10.7 Å². The third-order valence-corrected chi connectivity index (χ3v) is 2.30. The molecule has 2 nitrogen and oxygen atoms in total. The Balaban J connectivity index is 2.38. The Bertz CT molecular complexity index is 381. The summed E-state index contributed by atoms with van der Waals surface area (Å²) < 4.78 is 0. The molecule has 2 aliphatic rings. The lowest BCUT2D eigenvalue weighted by Crippen LogP contribution is -2.27. The highest BCUT2D eigenvalue weighted by atomic mass is 15.2. The Hall–Kier alpha value is -1.57. The van der Waals surface area contributed by atoms with Crippen molar-refractivity contribution in [1.29, 1.82) is 0 Å². The van der Waals surface area contributed by atoms with Gasteiger partial charge < -0.3 is 4.90 Å². The fourth-order valence-corrected chi connectivity index (χ4v) is 1.47. The number of rotatable bonds is 1. The highest BCUT2D eigenvalue weighted by molar-refractivity contribution is 5.98. The number of amidine groups is 1. The molecule has 0 amide bonds. The molecule has 0 aromatic carbocycles.